The van der Waals surface area contributed by atoms with Gasteiger partial charge < -0.3 is 15.0 Å². The molecule has 0 amide bonds. The molecule has 5 heteroatoms. The highest BCUT2D eigenvalue weighted by Crippen LogP contribution is 2.32. The first-order valence-corrected chi connectivity index (χ1v) is 9.31. The molecule has 0 fully saturated rings. The molecule has 2 aromatic carbocycles. The van der Waals surface area contributed by atoms with E-state index >= 15 is 0 Å². The van der Waals surface area contributed by atoms with Gasteiger partial charge in [0.1, 0.15) is 11.6 Å². The number of methoxy groups -OCH3 is 1. The molecule has 0 unspecified atom stereocenters. The fourth-order valence-electron chi connectivity index (χ4n) is 3.56. The van der Waals surface area contributed by atoms with Crippen molar-refractivity contribution in [3.05, 3.63) is 71.4 Å². The molecule has 0 radical (unpaired) electrons. The van der Waals surface area contributed by atoms with Crippen molar-refractivity contribution in [2.24, 2.45) is 0 Å². The van der Waals surface area contributed by atoms with E-state index in [2.05, 4.69) is 45.5 Å². The van der Waals surface area contributed by atoms with Gasteiger partial charge in [-0.3, -0.25) is 0 Å². The van der Waals surface area contributed by atoms with Crippen LogP contribution in [0.4, 0.5) is 17.5 Å². The fraction of sp³-hybridized carbons (Fsp3) is 0.273. The molecule has 0 aliphatic carbocycles. The number of anilines is 3. The fourth-order valence-corrected chi connectivity index (χ4v) is 3.56. The minimum absolute atomic E-state index is 0.615. The van der Waals surface area contributed by atoms with Crippen LogP contribution < -0.4 is 15.0 Å². The quantitative estimate of drug-likeness (QED) is 0.726. The lowest BCUT2D eigenvalue weighted by Crippen LogP contribution is -2.25. The highest BCUT2D eigenvalue weighted by atomic mass is 16.5. The van der Waals surface area contributed by atoms with E-state index in [-0.39, 0.29) is 0 Å². The lowest BCUT2D eigenvalue weighted by Gasteiger charge is -2.30. The van der Waals surface area contributed by atoms with Crippen LogP contribution in [0.2, 0.25) is 0 Å². The van der Waals surface area contributed by atoms with Crippen LogP contribution in [-0.2, 0) is 13.0 Å². The minimum atomic E-state index is 0.615. The van der Waals surface area contributed by atoms with Gasteiger partial charge in [-0.1, -0.05) is 36.4 Å². The van der Waals surface area contributed by atoms with Gasteiger partial charge in [0.15, 0.2) is 0 Å². The largest absolute Gasteiger partial charge is 0.496 e. The van der Waals surface area contributed by atoms with Crippen molar-refractivity contribution in [2.45, 2.75) is 26.3 Å². The number of hydrogen-bond acceptors (Lipinski definition) is 5. The number of nitrogens with zero attached hydrogens (tertiary/aromatic N) is 3. The van der Waals surface area contributed by atoms with Crippen LogP contribution >= 0.6 is 0 Å². The first-order valence-electron chi connectivity index (χ1n) is 9.31. The summed E-state index contributed by atoms with van der Waals surface area (Å²) in [7, 11) is 1.69. The molecule has 1 aliphatic rings. The van der Waals surface area contributed by atoms with E-state index in [0.717, 1.165) is 42.2 Å². The number of rotatable bonds is 5. The Morgan fingerprint density at radius 2 is 1.89 bits per heavy atom. The molecule has 138 valence electrons. The van der Waals surface area contributed by atoms with Gasteiger partial charge in [0.05, 0.1) is 7.11 Å². The van der Waals surface area contributed by atoms with E-state index in [0.29, 0.717) is 12.5 Å². The van der Waals surface area contributed by atoms with Crippen molar-refractivity contribution >= 4 is 17.5 Å². The van der Waals surface area contributed by atoms with Crippen molar-refractivity contribution in [3.8, 4) is 5.75 Å². The molecule has 27 heavy (non-hydrogen) atoms. The molecule has 1 aromatic heterocycles. The highest BCUT2D eigenvalue weighted by molar-refractivity contribution is 5.66. The molecule has 0 spiro atoms. The smallest absolute Gasteiger partial charge is 0.225 e. The van der Waals surface area contributed by atoms with Gasteiger partial charge in [-0.25, -0.2) is 4.98 Å². The summed E-state index contributed by atoms with van der Waals surface area (Å²) in [6.45, 7) is 3.60. The summed E-state index contributed by atoms with van der Waals surface area (Å²) in [6.07, 6.45) is 2.25. The number of hydrogen-bond donors (Lipinski definition) is 1. The normalized spacial score (nSPS) is 13.2. The van der Waals surface area contributed by atoms with Gasteiger partial charge in [-0.2, -0.15) is 4.98 Å². The third kappa shape index (κ3) is 3.72. The molecule has 0 saturated heterocycles. The van der Waals surface area contributed by atoms with Crippen LogP contribution in [-0.4, -0.2) is 23.6 Å². The molecular formula is C22H24N4O. The summed E-state index contributed by atoms with van der Waals surface area (Å²) in [5.41, 5.74) is 4.65. The highest BCUT2D eigenvalue weighted by Gasteiger charge is 2.19. The molecule has 2 heterocycles. The van der Waals surface area contributed by atoms with Crippen LogP contribution in [0.25, 0.3) is 0 Å². The summed E-state index contributed by atoms with van der Waals surface area (Å²) in [4.78, 5) is 11.6. The second-order valence-corrected chi connectivity index (χ2v) is 6.74. The van der Waals surface area contributed by atoms with Gasteiger partial charge in [-0.15, -0.1) is 0 Å². The Morgan fingerprint density at radius 3 is 2.78 bits per heavy atom. The van der Waals surface area contributed by atoms with E-state index in [4.69, 9.17) is 9.72 Å². The van der Waals surface area contributed by atoms with Crippen molar-refractivity contribution in [3.63, 3.8) is 0 Å². The van der Waals surface area contributed by atoms with E-state index in [1.54, 1.807) is 7.11 Å². The van der Waals surface area contributed by atoms with Crippen LogP contribution in [0, 0.1) is 6.92 Å². The number of para-hydroxylation sites is 2. The predicted molar refractivity (Wildman–Crippen MR) is 109 cm³/mol. The second-order valence-electron chi connectivity index (χ2n) is 6.74. The summed E-state index contributed by atoms with van der Waals surface area (Å²) in [5, 5.41) is 3.35. The van der Waals surface area contributed by atoms with Gasteiger partial charge in [0, 0.05) is 36.1 Å². The molecule has 0 bridgehead atoms. The van der Waals surface area contributed by atoms with E-state index in [9.17, 15) is 0 Å². The first kappa shape index (κ1) is 17.3. The second kappa shape index (κ2) is 7.66. The molecule has 0 atom stereocenters. The van der Waals surface area contributed by atoms with Gasteiger partial charge >= 0.3 is 0 Å². The monoisotopic (exact) mass is 360 g/mol. The number of aryl methyl sites for hydroxylation is 2. The summed E-state index contributed by atoms with van der Waals surface area (Å²) < 4.78 is 5.43. The Kier molecular flexibility index (Phi) is 4.92. The minimum Gasteiger partial charge on any atom is -0.496 e. The molecule has 5 nitrogen and oxygen atoms in total. The van der Waals surface area contributed by atoms with Crippen molar-refractivity contribution in [2.75, 3.05) is 23.9 Å². The van der Waals surface area contributed by atoms with E-state index < -0.39 is 0 Å². The van der Waals surface area contributed by atoms with Gasteiger partial charge in [-0.05, 0) is 37.5 Å². The molecule has 1 N–H and O–H groups in total. The zero-order valence-electron chi connectivity index (χ0n) is 15.8. The molecule has 4 rings (SSSR count). The van der Waals surface area contributed by atoms with E-state index in [1.165, 1.54) is 11.3 Å². The lowest BCUT2D eigenvalue weighted by atomic mass is 10.0. The van der Waals surface area contributed by atoms with E-state index in [1.807, 2.05) is 31.2 Å². The Labute approximate surface area is 160 Å². The summed E-state index contributed by atoms with van der Waals surface area (Å²) >= 11 is 0. The van der Waals surface area contributed by atoms with Crippen molar-refractivity contribution in [1.29, 1.82) is 0 Å². The van der Waals surface area contributed by atoms with Crippen molar-refractivity contribution < 1.29 is 4.74 Å². The average Bonchev–Trinajstić information content (AvgIpc) is 2.71. The maximum Gasteiger partial charge on any atom is 0.225 e. The first-order chi connectivity index (χ1) is 13.2. The van der Waals surface area contributed by atoms with Crippen LogP contribution in [0.15, 0.2) is 54.6 Å². The molecule has 1 aliphatic heterocycles. The molecular weight excluding hydrogens is 336 g/mol. The number of ether oxygens (including phenoxy) is 1. The maximum absolute atomic E-state index is 5.43. The van der Waals surface area contributed by atoms with Gasteiger partial charge in [0.2, 0.25) is 5.95 Å². The Morgan fingerprint density at radius 1 is 1.07 bits per heavy atom. The van der Waals surface area contributed by atoms with Crippen LogP contribution in [0.5, 0.6) is 5.75 Å². The van der Waals surface area contributed by atoms with Crippen LogP contribution in [0.1, 0.15) is 23.2 Å². The Bertz CT molecular complexity index is 941. The third-order valence-corrected chi connectivity index (χ3v) is 4.86. The topological polar surface area (TPSA) is 50.3 Å². The molecule has 0 saturated carbocycles. The summed E-state index contributed by atoms with van der Waals surface area (Å²) in [6, 6.07) is 18.6. The average molecular weight is 360 g/mol. The lowest BCUT2D eigenvalue weighted by molar-refractivity contribution is 0.410. The van der Waals surface area contributed by atoms with Gasteiger partial charge in [0.25, 0.3) is 0 Å². The Hall–Kier alpha value is -3.08. The number of benzene rings is 2. The zero-order valence-corrected chi connectivity index (χ0v) is 15.8. The zero-order chi connectivity index (χ0) is 18.6. The number of aromatic nitrogens is 2. The standard InChI is InChI=1S/C22H24N4O/c1-16-14-21(26-13-7-10-17-8-3-5-11-19(17)26)25-22(24-16)23-15-18-9-4-6-12-20(18)27-2/h3-6,8-9,11-12,14H,7,10,13,15H2,1-2H3,(H,23,24,25). The van der Waals surface area contributed by atoms with Crippen molar-refractivity contribution in [1.82, 2.24) is 9.97 Å². The summed E-state index contributed by atoms with van der Waals surface area (Å²) in [5.74, 6) is 2.44. The molecule has 3 aromatic rings. The maximum atomic E-state index is 5.43. The number of fused-ring (bicyclic) bond motifs is 1. The van der Waals surface area contributed by atoms with Crippen LogP contribution in [0.3, 0.4) is 0 Å². The Balaban J connectivity index is 1.59. The SMILES string of the molecule is COc1ccccc1CNc1nc(C)cc(N2CCCc3ccccc32)n1. The third-order valence-electron chi connectivity index (χ3n) is 4.86. The number of nitrogens with one attached hydrogen (secondary N) is 1. The predicted octanol–water partition coefficient (Wildman–Crippen LogP) is 4.49.